The van der Waals surface area contributed by atoms with E-state index in [0.29, 0.717) is 17.9 Å². The molecule has 0 fully saturated rings. The molecule has 27 heavy (non-hydrogen) atoms. The van der Waals surface area contributed by atoms with Gasteiger partial charge in [-0.15, -0.1) is 0 Å². The number of anilines is 2. The molecule has 2 aromatic carbocycles. The molecule has 4 nitrogen and oxygen atoms in total. The minimum Gasteiger partial charge on any atom is -0.310 e. The fraction of sp³-hybridized carbons (Fsp3) is 0.261. The number of carbonyl (C=O) groups is 1. The maximum Gasteiger partial charge on any atom is 0.230 e. The van der Waals surface area contributed by atoms with Gasteiger partial charge in [0.15, 0.2) is 5.78 Å². The van der Waals surface area contributed by atoms with Crippen molar-refractivity contribution in [1.82, 2.24) is 9.97 Å². The molecule has 1 aliphatic carbocycles. The Morgan fingerprint density at radius 2 is 1.85 bits per heavy atom. The fourth-order valence-electron chi connectivity index (χ4n) is 4.18. The molecule has 5 rings (SSSR count). The quantitative estimate of drug-likeness (QED) is 0.684. The van der Waals surface area contributed by atoms with Crippen molar-refractivity contribution in [3.63, 3.8) is 0 Å². The zero-order valence-electron chi connectivity index (χ0n) is 15.4. The molecule has 1 aliphatic heterocycles. The first-order valence-corrected chi connectivity index (χ1v) is 9.50. The van der Waals surface area contributed by atoms with Gasteiger partial charge in [-0.2, -0.15) is 0 Å². The molecule has 0 saturated heterocycles. The lowest BCUT2D eigenvalue weighted by atomic mass is 9.82. The molecule has 0 radical (unpaired) electrons. The molecule has 134 valence electrons. The smallest absolute Gasteiger partial charge is 0.230 e. The second kappa shape index (κ2) is 6.31. The first kappa shape index (κ1) is 16.2. The highest BCUT2D eigenvalue weighted by atomic mass is 16.1. The number of aromatic nitrogens is 2. The summed E-state index contributed by atoms with van der Waals surface area (Å²) in [5.74, 6) is 1.05. The lowest BCUT2D eigenvalue weighted by molar-refractivity contribution is 0.0962. The third kappa shape index (κ3) is 2.81. The zero-order valence-corrected chi connectivity index (χ0v) is 15.4. The molecular formula is C23H21N3O. The summed E-state index contributed by atoms with van der Waals surface area (Å²) in [6.07, 6.45) is 4.05. The van der Waals surface area contributed by atoms with Gasteiger partial charge in [0, 0.05) is 24.8 Å². The SMILES string of the molecule is Cc1ccc([C@H]2CC(=O)c3cnc(N4CCc5ccccc54)nc3C2)cc1. The molecule has 3 aromatic rings. The van der Waals surface area contributed by atoms with Gasteiger partial charge in [0.25, 0.3) is 0 Å². The van der Waals surface area contributed by atoms with Crippen LogP contribution in [0.2, 0.25) is 0 Å². The van der Waals surface area contributed by atoms with Crippen LogP contribution in [0, 0.1) is 6.92 Å². The van der Waals surface area contributed by atoms with Crippen LogP contribution in [-0.4, -0.2) is 22.3 Å². The van der Waals surface area contributed by atoms with Crippen LogP contribution >= 0.6 is 0 Å². The van der Waals surface area contributed by atoms with Crippen LogP contribution in [0.15, 0.2) is 54.7 Å². The summed E-state index contributed by atoms with van der Waals surface area (Å²) in [4.78, 5) is 24.2. The number of carbonyl (C=O) groups excluding carboxylic acids is 1. The van der Waals surface area contributed by atoms with E-state index in [1.807, 2.05) is 6.07 Å². The van der Waals surface area contributed by atoms with E-state index >= 15 is 0 Å². The number of rotatable bonds is 2. The highest BCUT2D eigenvalue weighted by Gasteiger charge is 2.30. The van der Waals surface area contributed by atoms with E-state index in [1.54, 1.807) is 6.20 Å². The van der Waals surface area contributed by atoms with Crippen molar-refractivity contribution >= 4 is 17.4 Å². The van der Waals surface area contributed by atoms with Gasteiger partial charge in [-0.1, -0.05) is 48.0 Å². The second-order valence-corrected chi connectivity index (χ2v) is 7.50. The normalized spacial score (nSPS) is 18.3. The van der Waals surface area contributed by atoms with Crippen LogP contribution in [0.5, 0.6) is 0 Å². The number of hydrogen-bond acceptors (Lipinski definition) is 4. The molecule has 2 aliphatic rings. The Balaban J connectivity index is 1.49. The Kier molecular flexibility index (Phi) is 3.78. The molecule has 4 heteroatoms. The molecule has 0 N–H and O–H groups in total. The monoisotopic (exact) mass is 355 g/mol. The van der Waals surface area contributed by atoms with E-state index in [2.05, 4.69) is 59.3 Å². The van der Waals surface area contributed by atoms with Crippen molar-refractivity contribution in [2.24, 2.45) is 0 Å². The highest BCUT2D eigenvalue weighted by molar-refractivity contribution is 5.98. The lowest BCUT2D eigenvalue weighted by Gasteiger charge is -2.25. The van der Waals surface area contributed by atoms with Gasteiger partial charge in [-0.05, 0) is 42.9 Å². The van der Waals surface area contributed by atoms with Crippen molar-refractivity contribution in [2.45, 2.75) is 32.1 Å². The van der Waals surface area contributed by atoms with Crippen LogP contribution in [-0.2, 0) is 12.8 Å². The fourth-order valence-corrected chi connectivity index (χ4v) is 4.18. The van der Waals surface area contributed by atoms with Crippen molar-refractivity contribution in [2.75, 3.05) is 11.4 Å². The average molecular weight is 355 g/mol. The Hall–Kier alpha value is -3.01. The Morgan fingerprint density at radius 1 is 1.04 bits per heavy atom. The topological polar surface area (TPSA) is 46.1 Å². The van der Waals surface area contributed by atoms with Gasteiger partial charge in [0.05, 0.1) is 11.3 Å². The van der Waals surface area contributed by atoms with Crippen LogP contribution < -0.4 is 4.90 Å². The van der Waals surface area contributed by atoms with E-state index in [1.165, 1.54) is 22.4 Å². The van der Waals surface area contributed by atoms with Crippen molar-refractivity contribution in [1.29, 1.82) is 0 Å². The highest BCUT2D eigenvalue weighted by Crippen LogP contribution is 2.35. The number of fused-ring (bicyclic) bond motifs is 2. The van der Waals surface area contributed by atoms with Gasteiger partial charge in [0.1, 0.15) is 0 Å². The first-order chi connectivity index (χ1) is 13.2. The number of nitrogens with zero attached hydrogens (tertiary/aromatic N) is 3. The number of Topliss-reactive ketones (excluding diaryl/α,β-unsaturated/α-hetero) is 1. The van der Waals surface area contributed by atoms with Crippen LogP contribution in [0.4, 0.5) is 11.6 Å². The van der Waals surface area contributed by atoms with E-state index in [9.17, 15) is 4.79 Å². The second-order valence-electron chi connectivity index (χ2n) is 7.50. The molecule has 2 heterocycles. The third-order valence-electron chi connectivity index (χ3n) is 5.70. The number of aryl methyl sites for hydroxylation is 1. The van der Waals surface area contributed by atoms with E-state index < -0.39 is 0 Å². The van der Waals surface area contributed by atoms with E-state index in [0.717, 1.165) is 25.1 Å². The Bertz CT molecular complexity index is 1030. The molecular weight excluding hydrogens is 334 g/mol. The lowest BCUT2D eigenvalue weighted by Crippen LogP contribution is -2.23. The van der Waals surface area contributed by atoms with E-state index in [4.69, 9.17) is 4.98 Å². The minimum atomic E-state index is 0.148. The van der Waals surface area contributed by atoms with Gasteiger partial charge in [-0.3, -0.25) is 4.79 Å². The largest absolute Gasteiger partial charge is 0.310 e. The Morgan fingerprint density at radius 3 is 2.70 bits per heavy atom. The predicted molar refractivity (Wildman–Crippen MR) is 106 cm³/mol. The molecule has 1 atom stereocenters. The molecule has 0 spiro atoms. The predicted octanol–water partition coefficient (Wildman–Crippen LogP) is 4.39. The first-order valence-electron chi connectivity index (χ1n) is 9.50. The van der Waals surface area contributed by atoms with Crippen molar-refractivity contribution in [3.8, 4) is 0 Å². The molecule has 0 amide bonds. The summed E-state index contributed by atoms with van der Waals surface area (Å²) in [5, 5.41) is 0. The molecule has 0 unspecified atom stereocenters. The molecule has 0 bridgehead atoms. The standard InChI is InChI=1S/C23H21N3O/c1-15-6-8-16(9-7-15)18-12-20-19(22(27)13-18)14-24-23(25-20)26-11-10-17-4-2-3-5-21(17)26/h2-9,14,18H,10-13H2,1H3/t18-/m1/s1. The van der Waals surface area contributed by atoms with Crippen LogP contribution in [0.3, 0.4) is 0 Å². The van der Waals surface area contributed by atoms with Gasteiger partial charge in [0.2, 0.25) is 5.95 Å². The Labute approximate surface area is 158 Å². The zero-order chi connectivity index (χ0) is 18.4. The summed E-state index contributed by atoms with van der Waals surface area (Å²) in [6.45, 7) is 2.96. The number of benzene rings is 2. The number of para-hydroxylation sites is 1. The summed E-state index contributed by atoms with van der Waals surface area (Å²) >= 11 is 0. The van der Waals surface area contributed by atoms with Gasteiger partial charge in [-0.25, -0.2) is 9.97 Å². The maximum atomic E-state index is 12.7. The van der Waals surface area contributed by atoms with E-state index in [-0.39, 0.29) is 11.7 Å². The summed E-state index contributed by atoms with van der Waals surface area (Å²) in [6, 6.07) is 16.9. The van der Waals surface area contributed by atoms with Crippen LogP contribution in [0.25, 0.3) is 0 Å². The molecule has 1 aromatic heterocycles. The minimum absolute atomic E-state index is 0.148. The van der Waals surface area contributed by atoms with Gasteiger partial charge < -0.3 is 4.90 Å². The average Bonchev–Trinajstić information content (AvgIpc) is 3.12. The summed E-state index contributed by atoms with van der Waals surface area (Å²) < 4.78 is 0. The van der Waals surface area contributed by atoms with Crippen molar-refractivity contribution < 1.29 is 4.79 Å². The number of ketones is 1. The maximum absolute atomic E-state index is 12.7. The summed E-state index contributed by atoms with van der Waals surface area (Å²) in [7, 11) is 0. The molecule has 0 saturated carbocycles. The van der Waals surface area contributed by atoms with Crippen molar-refractivity contribution in [3.05, 3.63) is 82.7 Å². The number of hydrogen-bond donors (Lipinski definition) is 0. The third-order valence-corrected chi connectivity index (χ3v) is 5.70. The van der Waals surface area contributed by atoms with Crippen LogP contribution in [0.1, 0.15) is 45.1 Å². The summed E-state index contributed by atoms with van der Waals surface area (Å²) in [5.41, 5.74) is 6.52. The van der Waals surface area contributed by atoms with Gasteiger partial charge >= 0.3 is 0 Å².